The maximum atomic E-state index is 12.4. The first-order chi connectivity index (χ1) is 10.8. The van der Waals surface area contributed by atoms with Crippen molar-refractivity contribution in [1.29, 1.82) is 0 Å². The average Bonchev–Trinajstić information content (AvgIpc) is 3.23. The molecule has 0 radical (unpaired) electrons. The first-order valence-electron chi connectivity index (χ1n) is 7.38. The van der Waals surface area contributed by atoms with Crippen LogP contribution in [-0.4, -0.2) is 56.5 Å². The minimum atomic E-state index is 0.00852. The molecule has 4 heterocycles. The van der Waals surface area contributed by atoms with Gasteiger partial charge >= 0.3 is 0 Å². The Morgan fingerprint density at radius 1 is 1.23 bits per heavy atom. The van der Waals surface area contributed by atoms with Crippen LogP contribution in [0.3, 0.4) is 0 Å². The average molecular weight is 316 g/mol. The summed E-state index contributed by atoms with van der Waals surface area (Å²) in [6, 6.07) is 0. The monoisotopic (exact) mass is 316 g/mol. The Balaban J connectivity index is 1.45. The summed E-state index contributed by atoms with van der Waals surface area (Å²) in [5.74, 6) is 2.00. The van der Waals surface area contributed by atoms with Gasteiger partial charge in [0.1, 0.15) is 5.82 Å². The second kappa shape index (κ2) is 5.60. The molecule has 0 N–H and O–H groups in total. The van der Waals surface area contributed by atoms with Gasteiger partial charge in [0.05, 0.1) is 6.20 Å². The zero-order valence-electron chi connectivity index (χ0n) is 12.0. The molecule has 4 rings (SSSR count). The molecule has 2 fully saturated rings. The Hall–Kier alpha value is -2.09. The molecule has 0 aromatic carbocycles. The van der Waals surface area contributed by atoms with E-state index in [-0.39, 0.29) is 5.91 Å². The van der Waals surface area contributed by atoms with Crippen molar-refractivity contribution in [2.24, 2.45) is 11.8 Å². The lowest BCUT2D eigenvalue weighted by atomic mass is 9.89. The topological polar surface area (TPSA) is 75.1 Å². The fraction of sp³-hybridized carbons (Fsp3) is 0.500. The van der Waals surface area contributed by atoms with E-state index in [0.717, 1.165) is 38.4 Å². The number of nitrogens with zero attached hydrogens (tertiary/aromatic N) is 6. The van der Waals surface area contributed by atoms with Crippen molar-refractivity contribution in [2.45, 2.75) is 6.42 Å². The summed E-state index contributed by atoms with van der Waals surface area (Å²) < 4.78 is 3.78. The van der Waals surface area contributed by atoms with Gasteiger partial charge in [0.2, 0.25) is 0 Å². The van der Waals surface area contributed by atoms with Crippen LogP contribution >= 0.6 is 11.5 Å². The minimum Gasteiger partial charge on any atom is -0.355 e. The van der Waals surface area contributed by atoms with Crippen LogP contribution in [0.5, 0.6) is 0 Å². The van der Waals surface area contributed by atoms with Crippen LogP contribution < -0.4 is 4.90 Å². The Kier molecular flexibility index (Phi) is 3.45. The number of amides is 1. The van der Waals surface area contributed by atoms with Crippen molar-refractivity contribution in [3.05, 3.63) is 29.7 Å². The predicted octanol–water partition coefficient (Wildman–Crippen LogP) is 0.927. The van der Waals surface area contributed by atoms with Crippen molar-refractivity contribution in [3.8, 4) is 0 Å². The number of carbonyl (C=O) groups is 1. The third kappa shape index (κ3) is 2.43. The van der Waals surface area contributed by atoms with Crippen molar-refractivity contribution >= 4 is 23.3 Å². The predicted molar refractivity (Wildman–Crippen MR) is 81.7 cm³/mol. The minimum absolute atomic E-state index is 0.00852. The zero-order valence-corrected chi connectivity index (χ0v) is 12.8. The van der Waals surface area contributed by atoms with Gasteiger partial charge in [0, 0.05) is 44.0 Å². The van der Waals surface area contributed by atoms with Gasteiger partial charge < -0.3 is 9.80 Å². The first kappa shape index (κ1) is 13.6. The van der Waals surface area contributed by atoms with E-state index >= 15 is 0 Å². The molecular weight excluding hydrogens is 300 g/mol. The number of hydrogen-bond donors (Lipinski definition) is 0. The van der Waals surface area contributed by atoms with Gasteiger partial charge in [-0.25, -0.2) is 4.98 Å². The Labute approximate surface area is 132 Å². The number of carbonyl (C=O) groups excluding carboxylic acids is 1. The third-order valence-electron chi connectivity index (χ3n) is 4.54. The summed E-state index contributed by atoms with van der Waals surface area (Å²) in [5.41, 5.74) is 0.467. The van der Waals surface area contributed by atoms with Crippen LogP contribution in [0, 0.1) is 11.8 Å². The molecule has 2 aromatic heterocycles. The first-order valence-corrected chi connectivity index (χ1v) is 8.22. The molecule has 8 heteroatoms. The van der Waals surface area contributed by atoms with Gasteiger partial charge in [-0.15, -0.1) is 5.10 Å². The number of hydrogen-bond acceptors (Lipinski definition) is 7. The number of anilines is 1. The lowest BCUT2D eigenvalue weighted by molar-refractivity contribution is 0.0778. The number of piperidine rings is 1. The highest BCUT2D eigenvalue weighted by atomic mass is 32.1. The molecule has 7 nitrogen and oxygen atoms in total. The van der Waals surface area contributed by atoms with Crippen LogP contribution in [0.15, 0.2) is 24.0 Å². The smallest absolute Gasteiger partial charge is 0.275 e. The van der Waals surface area contributed by atoms with Gasteiger partial charge in [0.25, 0.3) is 5.91 Å². The normalized spacial score (nSPS) is 24.4. The van der Waals surface area contributed by atoms with E-state index in [0.29, 0.717) is 17.5 Å². The molecule has 114 valence electrons. The molecule has 2 unspecified atom stereocenters. The lowest BCUT2D eigenvalue weighted by Crippen LogP contribution is -2.40. The molecule has 0 spiro atoms. The van der Waals surface area contributed by atoms with Crippen molar-refractivity contribution in [3.63, 3.8) is 0 Å². The standard InChI is InChI=1S/C14H16N6OS/c21-14(12-9-22-18-17-12)20-6-10-1-4-19(7-11(10)8-20)13-5-15-2-3-16-13/h2-3,5,9-11H,1,4,6-8H2. The van der Waals surface area contributed by atoms with E-state index in [4.69, 9.17) is 0 Å². The SMILES string of the molecule is O=C(c1csnn1)N1CC2CCN(c3cnccn3)CC2C1. The molecule has 22 heavy (non-hydrogen) atoms. The zero-order chi connectivity index (χ0) is 14.9. The van der Waals surface area contributed by atoms with Crippen LogP contribution in [-0.2, 0) is 0 Å². The summed E-state index contributed by atoms with van der Waals surface area (Å²) in [4.78, 5) is 25.1. The van der Waals surface area contributed by atoms with Crippen molar-refractivity contribution in [2.75, 3.05) is 31.1 Å². The van der Waals surface area contributed by atoms with Gasteiger partial charge in [-0.05, 0) is 29.8 Å². The van der Waals surface area contributed by atoms with E-state index in [9.17, 15) is 4.79 Å². The van der Waals surface area contributed by atoms with Gasteiger partial charge in [-0.3, -0.25) is 9.78 Å². The maximum absolute atomic E-state index is 12.4. The Morgan fingerprint density at radius 3 is 2.91 bits per heavy atom. The molecule has 2 saturated heterocycles. The maximum Gasteiger partial charge on any atom is 0.275 e. The number of rotatable bonds is 2. The van der Waals surface area contributed by atoms with Gasteiger partial charge in [-0.1, -0.05) is 4.49 Å². The second-order valence-corrected chi connectivity index (χ2v) is 6.43. The summed E-state index contributed by atoms with van der Waals surface area (Å²) in [6.07, 6.45) is 6.30. The Bertz CT molecular complexity index is 649. The van der Waals surface area contributed by atoms with E-state index in [2.05, 4.69) is 24.5 Å². The quantitative estimate of drug-likeness (QED) is 0.820. The van der Waals surface area contributed by atoms with Gasteiger partial charge in [0.15, 0.2) is 5.69 Å². The fourth-order valence-electron chi connectivity index (χ4n) is 3.42. The molecule has 1 amide bonds. The van der Waals surface area contributed by atoms with Crippen molar-refractivity contribution in [1.82, 2.24) is 24.5 Å². The molecule has 2 atom stereocenters. The highest BCUT2D eigenvalue weighted by molar-refractivity contribution is 7.03. The number of aromatic nitrogens is 4. The number of fused-ring (bicyclic) bond motifs is 1. The van der Waals surface area contributed by atoms with E-state index in [1.54, 1.807) is 24.0 Å². The molecular formula is C14H16N6OS. The third-order valence-corrected chi connectivity index (χ3v) is 5.05. The van der Waals surface area contributed by atoms with Gasteiger partial charge in [-0.2, -0.15) is 0 Å². The molecule has 2 aliphatic heterocycles. The van der Waals surface area contributed by atoms with E-state index < -0.39 is 0 Å². The summed E-state index contributed by atoms with van der Waals surface area (Å²) >= 11 is 1.22. The molecule has 0 aliphatic carbocycles. The Morgan fingerprint density at radius 2 is 2.14 bits per heavy atom. The summed E-state index contributed by atoms with van der Waals surface area (Å²) in [7, 11) is 0. The lowest BCUT2D eigenvalue weighted by Gasteiger charge is -2.34. The fourth-order valence-corrected chi connectivity index (χ4v) is 3.85. The highest BCUT2D eigenvalue weighted by Crippen LogP contribution is 2.33. The summed E-state index contributed by atoms with van der Waals surface area (Å²) in [5, 5.41) is 5.61. The highest BCUT2D eigenvalue weighted by Gasteiger charge is 2.39. The molecule has 2 aliphatic rings. The molecule has 2 aromatic rings. The van der Waals surface area contributed by atoms with Crippen LogP contribution in [0.1, 0.15) is 16.9 Å². The van der Waals surface area contributed by atoms with E-state index in [1.165, 1.54) is 11.5 Å². The van der Waals surface area contributed by atoms with Crippen molar-refractivity contribution < 1.29 is 4.79 Å². The molecule has 0 saturated carbocycles. The molecule has 0 bridgehead atoms. The second-order valence-electron chi connectivity index (χ2n) is 5.82. The van der Waals surface area contributed by atoms with E-state index in [1.807, 2.05) is 4.90 Å². The van der Waals surface area contributed by atoms with Crippen LogP contribution in [0.2, 0.25) is 0 Å². The van der Waals surface area contributed by atoms with Crippen LogP contribution in [0.4, 0.5) is 5.82 Å². The largest absolute Gasteiger partial charge is 0.355 e. The van der Waals surface area contributed by atoms with Crippen LogP contribution in [0.25, 0.3) is 0 Å². The summed E-state index contributed by atoms with van der Waals surface area (Å²) in [6.45, 7) is 3.52. The number of likely N-dealkylation sites (tertiary alicyclic amines) is 1.